The largest absolute Gasteiger partial charge is 0.448 e. The van der Waals surface area contributed by atoms with Crippen LogP contribution in [0.2, 0.25) is 0 Å². The highest BCUT2D eigenvalue weighted by atomic mass is 16.3. The molecule has 1 N–H and O–H groups in total. The molecular weight excluding hydrogens is 212 g/mol. The van der Waals surface area contributed by atoms with Crippen molar-refractivity contribution in [3.05, 3.63) is 17.8 Å². The van der Waals surface area contributed by atoms with Crippen LogP contribution in [0, 0.1) is 11.8 Å². The molecule has 1 aromatic heterocycles. The van der Waals surface area contributed by atoms with E-state index in [-0.39, 0.29) is 0 Å². The van der Waals surface area contributed by atoms with Crippen LogP contribution >= 0.6 is 0 Å². The summed E-state index contributed by atoms with van der Waals surface area (Å²) in [4.78, 5) is 4.38. The second-order valence-electron chi connectivity index (χ2n) is 5.48. The maximum absolute atomic E-state index is 5.66. The highest BCUT2D eigenvalue weighted by Crippen LogP contribution is 2.61. The zero-order valence-electron chi connectivity index (χ0n) is 10.6. The van der Waals surface area contributed by atoms with Crippen LogP contribution in [-0.4, -0.2) is 11.5 Å². The Morgan fingerprint density at radius 2 is 2.12 bits per heavy atom. The Balaban J connectivity index is 1.65. The Hall–Kier alpha value is -0.830. The van der Waals surface area contributed by atoms with Gasteiger partial charge in [0.15, 0.2) is 6.39 Å². The molecule has 0 aromatic carbocycles. The molecule has 0 bridgehead atoms. The lowest BCUT2D eigenvalue weighted by molar-refractivity contribution is 0.480. The average Bonchev–Trinajstić information content (AvgIpc) is 2.91. The van der Waals surface area contributed by atoms with E-state index < -0.39 is 0 Å². The van der Waals surface area contributed by atoms with Gasteiger partial charge in [0.25, 0.3) is 0 Å². The van der Waals surface area contributed by atoms with Gasteiger partial charge in [-0.2, -0.15) is 0 Å². The molecule has 2 unspecified atom stereocenters. The predicted octanol–water partition coefficient (Wildman–Crippen LogP) is 3.08. The van der Waals surface area contributed by atoms with Crippen molar-refractivity contribution in [1.82, 2.24) is 10.3 Å². The van der Waals surface area contributed by atoms with Gasteiger partial charge in [0.05, 0.1) is 5.69 Å². The van der Waals surface area contributed by atoms with E-state index in [0.29, 0.717) is 5.92 Å². The van der Waals surface area contributed by atoms with Crippen molar-refractivity contribution < 1.29 is 4.42 Å². The summed E-state index contributed by atoms with van der Waals surface area (Å²) in [6.07, 6.45) is 8.42. The Morgan fingerprint density at radius 1 is 1.35 bits per heavy atom. The summed E-state index contributed by atoms with van der Waals surface area (Å²) in [5.41, 5.74) is 1.15. The van der Waals surface area contributed by atoms with Gasteiger partial charge in [-0.05, 0) is 37.6 Å². The maximum atomic E-state index is 5.66. The SMILES string of the molecule is CCCNCc1ncoc1C1C2CCCCC21. The Kier molecular flexibility index (Phi) is 3.19. The quantitative estimate of drug-likeness (QED) is 0.796. The lowest BCUT2D eigenvalue weighted by atomic mass is 10.0. The molecule has 3 heteroatoms. The van der Waals surface area contributed by atoms with Crippen LogP contribution in [0.1, 0.15) is 56.4 Å². The standard InChI is InChI=1S/C14H22N2O/c1-2-7-15-8-12-14(17-9-16-12)13-10-5-3-4-6-11(10)13/h9-11,13,15H,2-8H2,1H3. The summed E-state index contributed by atoms with van der Waals surface area (Å²) in [7, 11) is 0. The molecular formula is C14H22N2O. The Bertz CT molecular complexity index is 362. The molecule has 2 aliphatic rings. The molecule has 94 valence electrons. The van der Waals surface area contributed by atoms with E-state index in [1.165, 1.54) is 37.9 Å². The van der Waals surface area contributed by atoms with Crippen LogP contribution in [0.15, 0.2) is 10.8 Å². The van der Waals surface area contributed by atoms with Crippen LogP contribution in [0.4, 0.5) is 0 Å². The van der Waals surface area contributed by atoms with Crippen LogP contribution in [-0.2, 0) is 6.54 Å². The number of rotatable bonds is 5. The maximum Gasteiger partial charge on any atom is 0.181 e. The number of hydrogen-bond acceptors (Lipinski definition) is 3. The van der Waals surface area contributed by atoms with Crippen LogP contribution in [0.3, 0.4) is 0 Å². The summed E-state index contributed by atoms with van der Waals surface area (Å²) in [5.74, 6) is 3.69. The molecule has 0 radical (unpaired) electrons. The fourth-order valence-corrected chi connectivity index (χ4v) is 3.45. The molecule has 17 heavy (non-hydrogen) atoms. The van der Waals surface area contributed by atoms with Crippen molar-refractivity contribution >= 4 is 0 Å². The number of oxazole rings is 1. The first-order valence-electron chi connectivity index (χ1n) is 7.04. The zero-order chi connectivity index (χ0) is 11.7. The van der Waals surface area contributed by atoms with E-state index in [9.17, 15) is 0 Å². The van der Waals surface area contributed by atoms with E-state index >= 15 is 0 Å². The van der Waals surface area contributed by atoms with Gasteiger partial charge in [0, 0.05) is 12.5 Å². The molecule has 2 atom stereocenters. The van der Waals surface area contributed by atoms with Crippen LogP contribution in [0.25, 0.3) is 0 Å². The molecule has 2 fully saturated rings. The molecule has 2 aliphatic carbocycles. The number of fused-ring (bicyclic) bond motifs is 1. The minimum atomic E-state index is 0.693. The molecule has 0 aliphatic heterocycles. The van der Waals surface area contributed by atoms with Gasteiger partial charge < -0.3 is 9.73 Å². The van der Waals surface area contributed by atoms with Crippen LogP contribution < -0.4 is 5.32 Å². The summed E-state index contributed by atoms with van der Waals surface area (Å²) >= 11 is 0. The fourth-order valence-electron chi connectivity index (χ4n) is 3.45. The van der Waals surface area contributed by atoms with E-state index in [4.69, 9.17) is 4.42 Å². The lowest BCUT2D eigenvalue weighted by Gasteiger charge is -2.04. The second kappa shape index (κ2) is 4.81. The van der Waals surface area contributed by atoms with E-state index in [1.807, 2.05) is 0 Å². The summed E-state index contributed by atoms with van der Waals surface area (Å²) in [6.45, 7) is 4.12. The van der Waals surface area contributed by atoms with Crippen molar-refractivity contribution in [3.63, 3.8) is 0 Å². The highest BCUT2D eigenvalue weighted by Gasteiger charge is 2.53. The van der Waals surface area contributed by atoms with Crippen molar-refractivity contribution in [2.24, 2.45) is 11.8 Å². The molecule has 3 rings (SSSR count). The van der Waals surface area contributed by atoms with Crippen molar-refractivity contribution in [1.29, 1.82) is 0 Å². The van der Waals surface area contributed by atoms with Gasteiger partial charge in [-0.1, -0.05) is 19.8 Å². The Morgan fingerprint density at radius 3 is 2.82 bits per heavy atom. The number of nitrogens with zero attached hydrogens (tertiary/aromatic N) is 1. The van der Waals surface area contributed by atoms with E-state index in [1.54, 1.807) is 6.39 Å². The average molecular weight is 234 g/mol. The normalized spacial score (nSPS) is 31.2. The predicted molar refractivity (Wildman–Crippen MR) is 66.7 cm³/mol. The summed E-state index contributed by atoms with van der Waals surface area (Å²) in [6, 6.07) is 0. The molecule has 0 spiro atoms. The topological polar surface area (TPSA) is 38.1 Å². The van der Waals surface area contributed by atoms with Gasteiger partial charge in [0.1, 0.15) is 5.76 Å². The van der Waals surface area contributed by atoms with Gasteiger partial charge >= 0.3 is 0 Å². The summed E-state index contributed by atoms with van der Waals surface area (Å²) < 4.78 is 5.66. The van der Waals surface area contributed by atoms with Crippen molar-refractivity contribution in [2.45, 2.75) is 51.5 Å². The van der Waals surface area contributed by atoms with E-state index in [2.05, 4.69) is 17.2 Å². The first kappa shape index (κ1) is 11.3. The van der Waals surface area contributed by atoms with Crippen molar-refractivity contribution in [3.8, 4) is 0 Å². The first-order chi connectivity index (χ1) is 8.42. The van der Waals surface area contributed by atoms with Gasteiger partial charge in [-0.15, -0.1) is 0 Å². The minimum Gasteiger partial charge on any atom is -0.448 e. The summed E-state index contributed by atoms with van der Waals surface area (Å²) in [5, 5.41) is 3.42. The molecule has 0 amide bonds. The molecule has 1 aromatic rings. The third-order valence-electron chi connectivity index (χ3n) is 4.35. The highest BCUT2D eigenvalue weighted by molar-refractivity contribution is 5.24. The first-order valence-corrected chi connectivity index (χ1v) is 7.04. The Labute approximate surface area is 103 Å². The smallest absolute Gasteiger partial charge is 0.181 e. The van der Waals surface area contributed by atoms with E-state index in [0.717, 1.165) is 30.6 Å². The second-order valence-corrected chi connectivity index (χ2v) is 5.48. The molecule has 1 heterocycles. The third-order valence-corrected chi connectivity index (χ3v) is 4.35. The number of nitrogens with one attached hydrogen (secondary N) is 1. The molecule has 0 saturated heterocycles. The fraction of sp³-hybridized carbons (Fsp3) is 0.786. The monoisotopic (exact) mass is 234 g/mol. The zero-order valence-corrected chi connectivity index (χ0v) is 10.6. The molecule has 2 saturated carbocycles. The lowest BCUT2D eigenvalue weighted by Crippen LogP contribution is -2.15. The number of hydrogen-bond donors (Lipinski definition) is 1. The van der Waals surface area contributed by atoms with Gasteiger partial charge in [-0.3, -0.25) is 0 Å². The van der Waals surface area contributed by atoms with Gasteiger partial charge in [0.2, 0.25) is 0 Å². The van der Waals surface area contributed by atoms with Crippen LogP contribution in [0.5, 0.6) is 0 Å². The minimum absolute atomic E-state index is 0.693. The molecule has 3 nitrogen and oxygen atoms in total. The number of aromatic nitrogens is 1. The van der Waals surface area contributed by atoms with Crippen molar-refractivity contribution in [2.75, 3.05) is 6.54 Å². The van der Waals surface area contributed by atoms with Gasteiger partial charge in [-0.25, -0.2) is 4.98 Å². The third kappa shape index (κ3) is 2.13.